The molecule has 0 saturated carbocycles. The lowest BCUT2D eigenvalue weighted by Gasteiger charge is -2.17. The number of aromatic nitrogens is 2. The summed E-state index contributed by atoms with van der Waals surface area (Å²) in [7, 11) is 5.42. The average Bonchev–Trinajstić information content (AvgIpc) is 2.50. The van der Waals surface area contributed by atoms with Gasteiger partial charge in [-0.15, -0.1) is 0 Å². The van der Waals surface area contributed by atoms with Crippen LogP contribution in [0.15, 0.2) is 29.1 Å². The van der Waals surface area contributed by atoms with Gasteiger partial charge in [0, 0.05) is 39.2 Å². The Kier molecular flexibility index (Phi) is 5.30. The maximum Gasteiger partial charge on any atom is 0.274 e. The van der Waals surface area contributed by atoms with Crippen LogP contribution in [-0.2, 0) is 11.8 Å². The molecule has 1 N–H and O–H groups in total. The Hall–Kier alpha value is -1.92. The fraction of sp³-hybridized carbons (Fsp3) is 0.467. The topological polar surface area (TPSA) is 59.4 Å². The summed E-state index contributed by atoms with van der Waals surface area (Å²) in [6, 6.07) is 7.53. The third-order valence-corrected chi connectivity index (χ3v) is 3.42. The second-order valence-electron chi connectivity index (χ2n) is 5.05. The van der Waals surface area contributed by atoms with E-state index < -0.39 is 0 Å². The number of hydrogen-bond donors (Lipinski definition) is 1. The molecule has 114 valence electrons. The van der Waals surface area contributed by atoms with Gasteiger partial charge in [-0.25, -0.2) is 4.68 Å². The summed E-state index contributed by atoms with van der Waals surface area (Å²) in [6.45, 7) is 3.24. The summed E-state index contributed by atoms with van der Waals surface area (Å²) in [6.07, 6.45) is 0. The average molecular weight is 290 g/mol. The van der Waals surface area contributed by atoms with Gasteiger partial charge in [0.2, 0.25) is 0 Å². The van der Waals surface area contributed by atoms with Crippen molar-refractivity contribution in [1.82, 2.24) is 14.7 Å². The number of methoxy groups -OCH3 is 1. The Bertz CT molecular complexity index is 654. The molecule has 2 aromatic rings. The smallest absolute Gasteiger partial charge is 0.274 e. The van der Waals surface area contributed by atoms with Gasteiger partial charge >= 0.3 is 0 Å². The van der Waals surface area contributed by atoms with E-state index in [9.17, 15) is 4.79 Å². The minimum atomic E-state index is -0.0756. The first-order chi connectivity index (χ1) is 10.1. The molecule has 0 amide bonds. The molecule has 0 saturated heterocycles. The molecular weight excluding hydrogens is 268 g/mol. The van der Waals surface area contributed by atoms with Crippen LogP contribution in [0.25, 0.3) is 10.8 Å². The number of nitrogens with one attached hydrogen (secondary N) is 1. The van der Waals surface area contributed by atoms with Crippen LogP contribution >= 0.6 is 0 Å². The SMILES string of the molecule is COCCN(C)CCNc1nn(C)c(=O)c2ccccc12. The maximum atomic E-state index is 12.0. The van der Waals surface area contributed by atoms with Gasteiger partial charge in [-0.1, -0.05) is 18.2 Å². The third kappa shape index (κ3) is 3.80. The predicted molar refractivity (Wildman–Crippen MR) is 84.8 cm³/mol. The number of anilines is 1. The predicted octanol–water partition coefficient (Wildman–Crippen LogP) is 0.924. The van der Waals surface area contributed by atoms with Crippen molar-refractivity contribution < 1.29 is 4.74 Å². The number of fused-ring (bicyclic) bond motifs is 1. The van der Waals surface area contributed by atoms with E-state index in [-0.39, 0.29) is 5.56 Å². The van der Waals surface area contributed by atoms with E-state index in [1.54, 1.807) is 14.2 Å². The van der Waals surface area contributed by atoms with Crippen LogP contribution in [0.3, 0.4) is 0 Å². The third-order valence-electron chi connectivity index (χ3n) is 3.42. The number of nitrogens with zero attached hydrogens (tertiary/aromatic N) is 3. The molecule has 1 aromatic heterocycles. The molecule has 21 heavy (non-hydrogen) atoms. The molecule has 0 atom stereocenters. The van der Waals surface area contributed by atoms with Crippen LogP contribution in [0.4, 0.5) is 5.82 Å². The van der Waals surface area contributed by atoms with Gasteiger partial charge in [0.15, 0.2) is 5.82 Å². The Morgan fingerprint density at radius 1 is 1.29 bits per heavy atom. The number of aryl methyl sites for hydroxylation is 1. The first-order valence-corrected chi connectivity index (χ1v) is 7.01. The molecule has 0 fully saturated rings. The summed E-state index contributed by atoms with van der Waals surface area (Å²) in [5.74, 6) is 0.743. The van der Waals surface area contributed by atoms with Gasteiger partial charge in [0.1, 0.15) is 0 Å². The zero-order valence-corrected chi connectivity index (χ0v) is 12.8. The molecule has 0 aliphatic heterocycles. The highest BCUT2D eigenvalue weighted by Crippen LogP contribution is 2.16. The summed E-state index contributed by atoms with van der Waals surface area (Å²) in [5.41, 5.74) is -0.0756. The molecule has 0 unspecified atom stereocenters. The van der Waals surface area contributed by atoms with Crippen LogP contribution in [0.5, 0.6) is 0 Å². The van der Waals surface area contributed by atoms with E-state index >= 15 is 0 Å². The van der Waals surface area contributed by atoms with Crippen molar-refractivity contribution in [2.45, 2.75) is 0 Å². The van der Waals surface area contributed by atoms with Crippen LogP contribution in [0, 0.1) is 0 Å². The fourth-order valence-electron chi connectivity index (χ4n) is 2.15. The number of benzene rings is 1. The highest BCUT2D eigenvalue weighted by atomic mass is 16.5. The Morgan fingerprint density at radius 3 is 2.71 bits per heavy atom. The van der Waals surface area contributed by atoms with E-state index in [4.69, 9.17) is 4.74 Å². The first kappa shape index (κ1) is 15.5. The largest absolute Gasteiger partial charge is 0.383 e. The second kappa shape index (κ2) is 7.19. The second-order valence-corrected chi connectivity index (χ2v) is 5.05. The van der Waals surface area contributed by atoms with Crippen LogP contribution in [0.1, 0.15) is 0 Å². The van der Waals surface area contributed by atoms with Crippen molar-refractivity contribution in [1.29, 1.82) is 0 Å². The molecular formula is C15H22N4O2. The van der Waals surface area contributed by atoms with Gasteiger partial charge < -0.3 is 15.0 Å². The van der Waals surface area contributed by atoms with E-state index in [0.29, 0.717) is 5.39 Å². The highest BCUT2D eigenvalue weighted by Gasteiger charge is 2.07. The standard InChI is InChI=1S/C15H22N4O2/c1-18(10-11-21-3)9-8-16-14-12-6-4-5-7-13(12)15(20)19(2)17-14/h4-7H,8-11H2,1-3H3,(H,16,17). The summed E-state index contributed by atoms with van der Waals surface area (Å²) in [4.78, 5) is 14.2. The zero-order chi connectivity index (χ0) is 15.2. The van der Waals surface area contributed by atoms with Gasteiger partial charge in [0.05, 0.1) is 12.0 Å². The monoisotopic (exact) mass is 290 g/mol. The summed E-state index contributed by atoms with van der Waals surface area (Å²) < 4.78 is 6.43. The molecule has 2 rings (SSSR count). The Labute approximate surface area is 124 Å². The van der Waals surface area contributed by atoms with Crippen molar-refractivity contribution in [3.8, 4) is 0 Å². The maximum absolute atomic E-state index is 12.0. The number of rotatable bonds is 7. The van der Waals surface area contributed by atoms with Crippen molar-refractivity contribution >= 4 is 16.6 Å². The Morgan fingerprint density at radius 2 is 2.00 bits per heavy atom. The van der Waals surface area contributed by atoms with Crippen molar-refractivity contribution in [3.63, 3.8) is 0 Å². The molecule has 6 nitrogen and oxygen atoms in total. The molecule has 0 aliphatic carbocycles. The van der Waals surface area contributed by atoms with Gasteiger partial charge in [-0.2, -0.15) is 5.10 Å². The van der Waals surface area contributed by atoms with Crippen LogP contribution in [-0.4, -0.2) is 55.1 Å². The van der Waals surface area contributed by atoms with Crippen molar-refractivity contribution in [2.75, 3.05) is 45.7 Å². The number of likely N-dealkylation sites (N-methyl/N-ethyl adjacent to an activating group) is 1. The lowest BCUT2D eigenvalue weighted by atomic mass is 10.2. The van der Waals surface area contributed by atoms with Gasteiger partial charge in [0.25, 0.3) is 5.56 Å². The van der Waals surface area contributed by atoms with E-state index in [1.165, 1.54) is 4.68 Å². The molecule has 6 heteroatoms. The summed E-state index contributed by atoms with van der Waals surface area (Å²) >= 11 is 0. The van der Waals surface area contributed by atoms with Crippen molar-refractivity contribution in [2.24, 2.45) is 7.05 Å². The van der Waals surface area contributed by atoms with Crippen molar-refractivity contribution in [3.05, 3.63) is 34.6 Å². The molecule has 0 aliphatic rings. The van der Waals surface area contributed by atoms with E-state index in [0.717, 1.165) is 37.4 Å². The van der Waals surface area contributed by atoms with Gasteiger partial charge in [-0.05, 0) is 13.1 Å². The van der Waals surface area contributed by atoms with Crippen LogP contribution < -0.4 is 10.9 Å². The minimum Gasteiger partial charge on any atom is -0.383 e. The summed E-state index contributed by atoms with van der Waals surface area (Å²) in [5, 5.41) is 9.17. The Balaban J connectivity index is 2.09. The molecule has 0 bridgehead atoms. The number of hydrogen-bond acceptors (Lipinski definition) is 5. The normalized spacial score (nSPS) is 11.2. The number of ether oxygens (including phenoxy) is 1. The molecule has 0 radical (unpaired) electrons. The fourth-order valence-corrected chi connectivity index (χ4v) is 2.15. The van der Waals surface area contributed by atoms with Crippen LogP contribution in [0.2, 0.25) is 0 Å². The highest BCUT2D eigenvalue weighted by molar-refractivity contribution is 5.90. The first-order valence-electron chi connectivity index (χ1n) is 7.01. The molecule has 1 heterocycles. The van der Waals surface area contributed by atoms with E-state index in [1.807, 2.05) is 31.3 Å². The lowest BCUT2D eigenvalue weighted by molar-refractivity contribution is 0.163. The lowest BCUT2D eigenvalue weighted by Crippen LogP contribution is -2.29. The van der Waals surface area contributed by atoms with Gasteiger partial charge in [-0.3, -0.25) is 4.79 Å². The van der Waals surface area contributed by atoms with E-state index in [2.05, 4.69) is 15.3 Å². The molecule has 0 spiro atoms. The zero-order valence-electron chi connectivity index (χ0n) is 12.8. The minimum absolute atomic E-state index is 0.0756. The quantitative estimate of drug-likeness (QED) is 0.822. The molecule has 1 aromatic carbocycles.